The van der Waals surface area contributed by atoms with Crippen molar-refractivity contribution < 1.29 is 9.84 Å². The molecule has 0 amide bonds. The summed E-state index contributed by atoms with van der Waals surface area (Å²) in [6, 6.07) is 3.88. The second-order valence-electron chi connectivity index (χ2n) is 4.10. The summed E-state index contributed by atoms with van der Waals surface area (Å²) in [6.07, 6.45) is 3.71. The van der Waals surface area contributed by atoms with E-state index in [0.717, 1.165) is 23.7 Å². The Hall–Kier alpha value is -1.19. The van der Waals surface area contributed by atoms with Crippen molar-refractivity contribution in [2.45, 2.75) is 12.8 Å². The molecule has 1 aromatic carbocycles. The van der Waals surface area contributed by atoms with E-state index in [1.807, 2.05) is 23.7 Å². The van der Waals surface area contributed by atoms with E-state index in [0.29, 0.717) is 10.8 Å². The summed E-state index contributed by atoms with van der Waals surface area (Å²) in [5.74, 6) is 0.690. The Bertz CT molecular complexity index is 534. The molecule has 0 aliphatic heterocycles. The van der Waals surface area contributed by atoms with E-state index in [1.165, 1.54) is 5.56 Å². The lowest BCUT2D eigenvalue weighted by molar-refractivity contribution is 0.288. The summed E-state index contributed by atoms with van der Waals surface area (Å²) in [5.41, 5.74) is 2.30. The van der Waals surface area contributed by atoms with Crippen LogP contribution in [-0.2, 0) is 13.5 Å². The molecule has 0 radical (unpaired) electrons. The Balaban J connectivity index is 2.54. The van der Waals surface area contributed by atoms with Gasteiger partial charge in [0.1, 0.15) is 5.75 Å². The van der Waals surface area contributed by atoms with Crippen molar-refractivity contribution in [2.75, 3.05) is 13.7 Å². The molecule has 92 valence electrons. The van der Waals surface area contributed by atoms with Crippen LogP contribution in [0.25, 0.3) is 10.9 Å². The molecular formula is C13H16ClNO2. The number of hydrogen-bond acceptors (Lipinski definition) is 2. The van der Waals surface area contributed by atoms with Gasteiger partial charge in [-0.2, -0.15) is 0 Å². The van der Waals surface area contributed by atoms with Crippen LogP contribution in [0.2, 0.25) is 5.02 Å². The van der Waals surface area contributed by atoms with Crippen LogP contribution in [0.5, 0.6) is 5.75 Å². The number of hydrogen-bond donors (Lipinski definition) is 1. The monoisotopic (exact) mass is 253 g/mol. The highest BCUT2D eigenvalue weighted by Crippen LogP contribution is 2.32. The smallest absolute Gasteiger partial charge is 0.138 e. The molecule has 2 aromatic rings. The van der Waals surface area contributed by atoms with E-state index in [9.17, 15) is 0 Å². The number of benzene rings is 1. The van der Waals surface area contributed by atoms with Crippen LogP contribution < -0.4 is 4.74 Å². The normalized spacial score (nSPS) is 11.1. The molecule has 0 aliphatic rings. The van der Waals surface area contributed by atoms with Crippen molar-refractivity contribution in [2.24, 2.45) is 7.05 Å². The molecule has 0 aliphatic carbocycles. The van der Waals surface area contributed by atoms with E-state index in [2.05, 4.69) is 6.20 Å². The van der Waals surface area contributed by atoms with Crippen LogP contribution in [-0.4, -0.2) is 23.4 Å². The van der Waals surface area contributed by atoms with Gasteiger partial charge in [0.2, 0.25) is 0 Å². The fourth-order valence-corrected chi connectivity index (χ4v) is 2.32. The SMILES string of the molecule is COc1cc2c(CCCO)cn(C)c2cc1Cl. The lowest BCUT2D eigenvalue weighted by Gasteiger charge is -2.04. The molecule has 1 heterocycles. The first-order valence-electron chi connectivity index (χ1n) is 5.59. The number of methoxy groups -OCH3 is 1. The first-order valence-corrected chi connectivity index (χ1v) is 5.97. The van der Waals surface area contributed by atoms with Crippen LogP contribution >= 0.6 is 11.6 Å². The van der Waals surface area contributed by atoms with Crippen LogP contribution in [0.3, 0.4) is 0 Å². The third-order valence-corrected chi connectivity index (χ3v) is 3.25. The number of nitrogens with zero attached hydrogens (tertiary/aromatic N) is 1. The Morgan fingerprint density at radius 3 is 2.82 bits per heavy atom. The van der Waals surface area contributed by atoms with Gasteiger partial charge >= 0.3 is 0 Å². The standard InChI is InChI=1S/C13H16ClNO2/c1-15-8-9(4-3-5-16)10-6-13(17-2)11(14)7-12(10)15/h6-8,16H,3-5H2,1-2H3. The van der Waals surface area contributed by atoms with Crippen LogP contribution in [0.15, 0.2) is 18.3 Å². The number of aliphatic hydroxyl groups excluding tert-OH is 1. The lowest BCUT2D eigenvalue weighted by Crippen LogP contribution is -1.88. The Morgan fingerprint density at radius 1 is 1.41 bits per heavy atom. The fourth-order valence-electron chi connectivity index (χ4n) is 2.09. The number of aryl methyl sites for hydroxylation is 2. The summed E-state index contributed by atoms with van der Waals surface area (Å²) in [5, 5.41) is 10.7. The van der Waals surface area contributed by atoms with Gasteiger partial charge in [-0.1, -0.05) is 11.6 Å². The van der Waals surface area contributed by atoms with Gasteiger partial charge in [0, 0.05) is 30.8 Å². The van der Waals surface area contributed by atoms with Crippen LogP contribution in [0.4, 0.5) is 0 Å². The Morgan fingerprint density at radius 2 is 2.18 bits per heavy atom. The van der Waals surface area contributed by atoms with Gasteiger partial charge in [-0.3, -0.25) is 0 Å². The molecule has 2 rings (SSSR count). The number of rotatable bonds is 4. The second kappa shape index (κ2) is 4.98. The van der Waals surface area contributed by atoms with E-state index in [-0.39, 0.29) is 6.61 Å². The molecule has 17 heavy (non-hydrogen) atoms. The van der Waals surface area contributed by atoms with Crippen molar-refractivity contribution in [1.29, 1.82) is 0 Å². The predicted molar refractivity (Wildman–Crippen MR) is 69.9 cm³/mol. The zero-order valence-corrected chi connectivity index (χ0v) is 10.8. The molecule has 0 saturated heterocycles. The molecule has 4 heteroatoms. The second-order valence-corrected chi connectivity index (χ2v) is 4.50. The number of ether oxygens (including phenoxy) is 1. The summed E-state index contributed by atoms with van der Waals surface area (Å²) >= 11 is 6.11. The molecule has 0 fully saturated rings. The number of halogens is 1. The van der Waals surface area contributed by atoms with Crippen molar-refractivity contribution in [3.8, 4) is 5.75 Å². The third-order valence-electron chi connectivity index (χ3n) is 2.95. The Kier molecular flexibility index (Phi) is 3.60. The minimum Gasteiger partial charge on any atom is -0.495 e. The minimum absolute atomic E-state index is 0.209. The van der Waals surface area contributed by atoms with Crippen molar-refractivity contribution in [3.63, 3.8) is 0 Å². The summed E-state index contributed by atoms with van der Waals surface area (Å²) in [7, 11) is 3.61. The zero-order valence-electron chi connectivity index (χ0n) is 10.0. The van der Waals surface area contributed by atoms with E-state index in [1.54, 1.807) is 7.11 Å². The first-order chi connectivity index (χ1) is 8.17. The predicted octanol–water partition coefficient (Wildman–Crippen LogP) is 2.77. The van der Waals surface area contributed by atoms with E-state index >= 15 is 0 Å². The van der Waals surface area contributed by atoms with E-state index in [4.69, 9.17) is 21.4 Å². The number of fused-ring (bicyclic) bond motifs is 1. The molecule has 1 aromatic heterocycles. The topological polar surface area (TPSA) is 34.4 Å². The van der Waals surface area contributed by atoms with Crippen molar-refractivity contribution >= 4 is 22.5 Å². The first kappa shape index (κ1) is 12.3. The zero-order chi connectivity index (χ0) is 12.4. The van der Waals surface area contributed by atoms with Gasteiger partial charge in [-0.25, -0.2) is 0 Å². The molecule has 3 nitrogen and oxygen atoms in total. The highest BCUT2D eigenvalue weighted by atomic mass is 35.5. The maximum atomic E-state index is 8.90. The maximum Gasteiger partial charge on any atom is 0.138 e. The molecule has 0 unspecified atom stereocenters. The summed E-state index contributed by atoms with van der Waals surface area (Å²) < 4.78 is 7.28. The highest BCUT2D eigenvalue weighted by Gasteiger charge is 2.10. The van der Waals surface area contributed by atoms with Gasteiger partial charge < -0.3 is 14.4 Å². The average Bonchev–Trinajstić information content (AvgIpc) is 2.62. The maximum absolute atomic E-state index is 8.90. The Labute approximate surface area is 106 Å². The molecule has 0 saturated carbocycles. The van der Waals surface area contributed by atoms with Crippen LogP contribution in [0.1, 0.15) is 12.0 Å². The highest BCUT2D eigenvalue weighted by molar-refractivity contribution is 6.32. The van der Waals surface area contributed by atoms with E-state index < -0.39 is 0 Å². The lowest BCUT2D eigenvalue weighted by atomic mass is 10.1. The minimum atomic E-state index is 0.209. The van der Waals surface area contributed by atoms with Gasteiger partial charge in [-0.05, 0) is 30.5 Å². The van der Waals surface area contributed by atoms with Gasteiger partial charge in [0.05, 0.1) is 12.1 Å². The van der Waals surface area contributed by atoms with Crippen molar-refractivity contribution in [1.82, 2.24) is 4.57 Å². The largest absolute Gasteiger partial charge is 0.495 e. The average molecular weight is 254 g/mol. The van der Waals surface area contributed by atoms with Crippen LogP contribution in [0, 0.1) is 0 Å². The number of aromatic nitrogens is 1. The molecule has 0 bridgehead atoms. The summed E-state index contributed by atoms with van der Waals surface area (Å²) in [6.45, 7) is 0.209. The number of aliphatic hydroxyl groups is 1. The van der Waals surface area contributed by atoms with Gasteiger partial charge in [-0.15, -0.1) is 0 Å². The van der Waals surface area contributed by atoms with Gasteiger partial charge in [0.25, 0.3) is 0 Å². The van der Waals surface area contributed by atoms with Crippen molar-refractivity contribution in [3.05, 3.63) is 28.9 Å². The molecule has 1 N–H and O–H groups in total. The molecular weight excluding hydrogens is 238 g/mol. The third kappa shape index (κ3) is 2.26. The molecule has 0 atom stereocenters. The summed E-state index contributed by atoms with van der Waals surface area (Å²) in [4.78, 5) is 0. The fraction of sp³-hybridized carbons (Fsp3) is 0.385. The van der Waals surface area contributed by atoms with Gasteiger partial charge in [0.15, 0.2) is 0 Å². The molecule has 0 spiro atoms. The quantitative estimate of drug-likeness (QED) is 0.909.